The van der Waals surface area contributed by atoms with E-state index in [9.17, 15) is 4.79 Å². The first kappa shape index (κ1) is 16.2. The van der Waals surface area contributed by atoms with Crippen molar-refractivity contribution in [1.29, 1.82) is 0 Å². The van der Waals surface area contributed by atoms with Crippen molar-refractivity contribution < 1.29 is 14.6 Å². The second kappa shape index (κ2) is 8.36. The van der Waals surface area contributed by atoms with Gasteiger partial charge in [0.15, 0.2) is 0 Å². The Labute approximate surface area is 120 Å². The number of likely N-dealkylation sites (N-methyl/N-ethyl adjacent to an activating group) is 1. The predicted octanol–water partition coefficient (Wildman–Crippen LogP) is 1.41. The number of benzene rings is 1. The molecule has 4 nitrogen and oxygen atoms in total. The summed E-state index contributed by atoms with van der Waals surface area (Å²) in [5.74, 6) is 5.81. The Hall–Kier alpha value is -1.83. The maximum absolute atomic E-state index is 11.9. The first-order chi connectivity index (χ1) is 9.58. The second-order valence-electron chi connectivity index (χ2n) is 4.55. The number of rotatable bonds is 5. The summed E-state index contributed by atoms with van der Waals surface area (Å²) < 4.78 is 5.02. The number of aliphatic hydroxyl groups is 1. The molecular weight excluding hydrogens is 254 g/mol. The lowest BCUT2D eigenvalue weighted by molar-refractivity contribution is -0.140. The van der Waals surface area contributed by atoms with Gasteiger partial charge < -0.3 is 14.7 Å². The largest absolute Gasteiger partial charge is 0.395 e. The molecule has 0 heterocycles. The smallest absolute Gasteiger partial charge is 0.251 e. The summed E-state index contributed by atoms with van der Waals surface area (Å²) in [6.45, 7) is 2.32. The fourth-order valence-electron chi connectivity index (χ4n) is 1.73. The summed E-state index contributed by atoms with van der Waals surface area (Å²) in [7, 11) is 3.27. The van der Waals surface area contributed by atoms with Gasteiger partial charge in [0, 0.05) is 32.7 Å². The number of nitrogens with zero attached hydrogens (tertiary/aromatic N) is 1. The van der Waals surface area contributed by atoms with Crippen LogP contribution in [-0.4, -0.2) is 42.8 Å². The molecule has 4 heteroatoms. The van der Waals surface area contributed by atoms with Crippen LogP contribution in [0, 0.1) is 11.8 Å². The first-order valence-electron chi connectivity index (χ1n) is 6.55. The Morgan fingerprint density at radius 3 is 2.90 bits per heavy atom. The van der Waals surface area contributed by atoms with Crippen molar-refractivity contribution in [2.75, 3.05) is 20.8 Å². The lowest BCUT2D eigenvalue weighted by atomic mass is 10.1. The zero-order valence-corrected chi connectivity index (χ0v) is 12.2. The Balaban J connectivity index is 2.71. The van der Waals surface area contributed by atoms with E-state index in [1.54, 1.807) is 18.9 Å². The van der Waals surface area contributed by atoms with Gasteiger partial charge in [0.1, 0.15) is 6.10 Å². The third-order valence-corrected chi connectivity index (χ3v) is 2.89. The highest BCUT2D eigenvalue weighted by atomic mass is 16.5. The molecule has 1 aromatic rings. The maximum Gasteiger partial charge on any atom is 0.251 e. The zero-order chi connectivity index (χ0) is 15.0. The van der Waals surface area contributed by atoms with Crippen LogP contribution in [0.5, 0.6) is 0 Å². The van der Waals surface area contributed by atoms with Gasteiger partial charge in [-0.25, -0.2) is 0 Å². The average molecular weight is 275 g/mol. The minimum Gasteiger partial charge on any atom is -0.395 e. The number of carbonyl (C=O) groups excluding carboxylic acids is 1. The summed E-state index contributed by atoms with van der Waals surface area (Å²) in [6, 6.07) is 7.73. The molecule has 0 bridgehead atoms. The molecule has 1 rings (SSSR count). The van der Waals surface area contributed by atoms with Crippen molar-refractivity contribution in [2.45, 2.75) is 26.0 Å². The van der Waals surface area contributed by atoms with E-state index >= 15 is 0 Å². The van der Waals surface area contributed by atoms with Gasteiger partial charge in [-0.05, 0) is 24.6 Å². The van der Waals surface area contributed by atoms with E-state index in [-0.39, 0.29) is 12.5 Å². The van der Waals surface area contributed by atoms with E-state index < -0.39 is 6.10 Å². The van der Waals surface area contributed by atoms with Crippen molar-refractivity contribution >= 4 is 5.91 Å². The lowest BCUT2D eigenvalue weighted by Crippen LogP contribution is -2.35. The Bertz CT molecular complexity index is 502. The highest BCUT2D eigenvalue weighted by Crippen LogP contribution is 2.08. The van der Waals surface area contributed by atoms with Gasteiger partial charge in [-0.15, -0.1) is 0 Å². The standard InChI is InChI=1S/C16H21NO3/c1-13(20-3)16(19)17(2)12-15-9-6-8-14(11-15)7-4-5-10-18/h6,8-9,11,13,18H,5,10,12H2,1-3H3. The van der Waals surface area contributed by atoms with Crippen LogP contribution < -0.4 is 0 Å². The zero-order valence-electron chi connectivity index (χ0n) is 12.2. The monoisotopic (exact) mass is 275 g/mol. The predicted molar refractivity (Wildman–Crippen MR) is 78.0 cm³/mol. The van der Waals surface area contributed by atoms with Crippen molar-refractivity contribution in [3.8, 4) is 11.8 Å². The Morgan fingerprint density at radius 2 is 2.25 bits per heavy atom. The Kier molecular flexibility index (Phi) is 6.78. The first-order valence-corrected chi connectivity index (χ1v) is 6.55. The van der Waals surface area contributed by atoms with E-state index in [1.165, 1.54) is 7.11 Å². The molecule has 0 radical (unpaired) electrons. The van der Waals surface area contributed by atoms with Gasteiger partial charge >= 0.3 is 0 Å². The molecule has 0 aliphatic carbocycles. The van der Waals surface area contributed by atoms with Crippen LogP contribution >= 0.6 is 0 Å². The van der Waals surface area contributed by atoms with Crippen molar-refractivity contribution in [3.63, 3.8) is 0 Å². The van der Waals surface area contributed by atoms with Gasteiger partial charge in [0.2, 0.25) is 0 Å². The quantitative estimate of drug-likeness (QED) is 0.827. The average Bonchev–Trinajstić information content (AvgIpc) is 2.46. The fourth-order valence-corrected chi connectivity index (χ4v) is 1.73. The van der Waals surface area contributed by atoms with Crippen LogP contribution in [-0.2, 0) is 16.1 Å². The minimum absolute atomic E-state index is 0.0516. The van der Waals surface area contributed by atoms with Gasteiger partial charge in [0.05, 0.1) is 6.61 Å². The van der Waals surface area contributed by atoms with Gasteiger partial charge in [-0.1, -0.05) is 24.0 Å². The number of methoxy groups -OCH3 is 1. The van der Waals surface area contributed by atoms with E-state index in [4.69, 9.17) is 9.84 Å². The molecule has 0 spiro atoms. The normalized spacial score (nSPS) is 11.4. The molecule has 0 fully saturated rings. The maximum atomic E-state index is 11.9. The van der Waals surface area contributed by atoms with E-state index in [2.05, 4.69) is 11.8 Å². The fraction of sp³-hybridized carbons (Fsp3) is 0.438. The molecule has 0 aromatic heterocycles. The summed E-state index contributed by atoms with van der Waals surface area (Å²) in [5.41, 5.74) is 1.90. The number of amides is 1. The number of hydrogen-bond donors (Lipinski definition) is 1. The highest BCUT2D eigenvalue weighted by molar-refractivity contribution is 5.80. The van der Waals surface area contributed by atoms with Crippen LogP contribution in [0.1, 0.15) is 24.5 Å². The topological polar surface area (TPSA) is 49.8 Å². The Morgan fingerprint density at radius 1 is 1.50 bits per heavy atom. The van der Waals surface area contributed by atoms with Crippen LogP contribution in [0.3, 0.4) is 0 Å². The van der Waals surface area contributed by atoms with E-state index in [0.29, 0.717) is 13.0 Å². The molecule has 20 heavy (non-hydrogen) atoms. The van der Waals surface area contributed by atoms with Crippen molar-refractivity contribution in [2.24, 2.45) is 0 Å². The second-order valence-corrected chi connectivity index (χ2v) is 4.55. The molecule has 0 aliphatic heterocycles. The van der Waals surface area contributed by atoms with Gasteiger partial charge in [-0.2, -0.15) is 0 Å². The molecule has 1 amide bonds. The number of carbonyl (C=O) groups is 1. The molecule has 1 aromatic carbocycles. The molecule has 0 saturated carbocycles. The van der Waals surface area contributed by atoms with Crippen LogP contribution in [0.4, 0.5) is 0 Å². The van der Waals surface area contributed by atoms with Crippen LogP contribution in [0.25, 0.3) is 0 Å². The molecule has 0 aliphatic rings. The number of ether oxygens (including phenoxy) is 1. The number of hydrogen-bond acceptors (Lipinski definition) is 3. The van der Waals surface area contributed by atoms with Crippen molar-refractivity contribution in [3.05, 3.63) is 35.4 Å². The summed E-state index contributed by atoms with van der Waals surface area (Å²) in [5, 5.41) is 8.70. The molecule has 108 valence electrons. The van der Waals surface area contributed by atoms with Crippen molar-refractivity contribution in [1.82, 2.24) is 4.90 Å². The lowest BCUT2D eigenvalue weighted by Gasteiger charge is -2.20. The highest BCUT2D eigenvalue weighted by Gasteiger charge is 2.16. The van der Waals surface area contributed by atoms with E-state index in [0.717, 1.165) is 11.1 Å². The molecular formula is C16H21NO3. The van der Waals surface area contributed by atoms with Crippen LogP contribution in [0.15, 0.2) is 24.3 Å². The SMILES string of the molecule is COC(C)C(=O)N(C)Cc1cccc(C#CCCO)c1. The minimum atomic E-state index is -0.437. The summed E-state index contributed by atoms with van der Waals surface area (Å²) >= 11 is 0. The van der Waals surface area contributed by atoms with E-state index in [1.807, 2.05) is 24.3 Å². The third kappa shape index (κ3) is 5.04. The molecule has 1 N–H and O–H groups in total. The van der Waals surface area contributed by atoms with Gasteiger partial charge in [-0.3, -0.25) is 4.79 Å². The molecule has 1 unspecified atom stereocenters. The molecule has 1 atom stereocenters. The van der Waals surface area contributed by atoms with Gasteiger partial charge in [0.25, 0.3) is 5.91 Å². The molecule has 0 saturated heterocycles. The third-order valence-electron chi connectivity index (χ3n) is 2.89. The number of aliphatic hydroxyl groups excluding tert-OH is 1. The van der Waals surface area contributed by atoms with Crippen LogP contribution in [0.2, 0.25) is 0 Å². The summed E-state index contributed by atoms with van der Waals surface area (Å²) in [6.07, 6.45) is 0.0288. The summed E-state index contributed by atoms with van der Waals surface area (Å²) in [4.78, 5) is 13.6.